The van der Waals surface area contributed by atoms with Crippen LogP contribution in [0.2, 0.25) is 5.02 Å². The summed E-state index contributed by atoms with van der Waals surface area (Å²) in [7, 11) is 0. The first-order valence-corrected chi connectivity index (χ1v) is 10.5. The summed E-state index contributed by atoms with van der Waals surface area (Å²) in [6.45, 7) is 0. The second-order valence-corrected chi connectivity index (χ2v) is 8.16. The van der Waals surface area contributed by atoms with Crippen LogP contribution in [-0.4, -0.2) is 26.4 Å². The van der Waals surface area contributed by atoms with Crippen LogP contribution in [0.15, 0.2) is 53.7 Å². The SMILES string of the molecule is O=C(CSc1nnc(C2CC2)n1-c1ccccc1)Nc1cc(C(F)(F)F)ccc1Cl. The van der Waals surface area contributed by atoms with Crippen molar-refractivity contribution in [1.29, 1.82) is 0 Å². The zero-order chi connectivity index (χ0) is 21.3. The number of nitrogens with zero attached hydrogens (tertiary/aromatic N) is 3. The van der Waals surface area contributed by atoms with Gasteiger partial charge < -0.3 is 5.32 Å². The van der Waals surface area contributed by atoms with E-state index in [1.54, 1.807) is 0 Å². The molecule has 0 spiro atoms. The maximum Gasteiger partial charge on any atom is 0.416 e. The summed E-state index contributed by atoms with van der Waals surface area (Å²) < 4.78 is 40.6. The zero-order valence-corrected chi connectivity index (χ0v) is 17.1. The van der Waals surface area contributed by atoms with Gasteiger partial charge in [-0.25, -0.2) is 0 Å². The topological polar surface area (TPSA) is 59.8 Å². The molecule has 10 heteroatoms. The molecule has 0 aliphatic heterocycles. The second kappa shape index (κ2) is 8.31. The smallest absolute Gasteiger partial charge is 0.324 e. The van der Waals surface area contributed by atoms with Gasteiger partial charge in [0.2, 0.25) is 5.91 Å². The van der Waals surface area contributed by atoms with Crippen LogP contribution in [0.4, 0.5) is 18.9 Å². The van der Waals surface area contributed by atoms with Crippen molar-refractivity contribution in [2.24, 2.45) is 0 Å². The Morgan fingerprint density at radius 1 is 1.17 bits per heavy atom. The van der Waals surface area contributed by atoms with Crippen LogP contribution in [0.3, 0.4) is 0 Å². The fourth-order valence-electron chi connectivity index (χ4n) is 2.91. The minimum absolute atomic E-state index is 0.0322. The molecule has 0 saturated heterocycles. The molecule has 1 N–H and O–H groups in total. The van der Waals surface area contributed by atoms with E-state index in [-0.39, 0.29) is 16.5 Å². The van der Waals surface area contributed by atoms with Gasteiger partial charge in [-0.2, -0.15) is 13.2 Å². The number of para-hydroxylation sites is 1. The molecule has 5 nitrogen and oxygen atoms in total. The van der Waals surface area contributed by atoms with Crippen molar-refractivity contribution in [2.75, 3.05) is 11.1 Å². The van der Waals surface area contributed by atoms with E-state index < -0.39 is 17.6 Å². The molecule has 4 rings (SSSR count). The summed E-state index contributed by atoms with van der Waals surface area (Å²) in [4.78, 5) is 12.4. The maximum absolute atomic E-state index is 12.9. The number of benzene rings is 2. The number of amides is 1. The van der Waals surface area contributed by atoms with Crippen molar-refractivity contribution in [3.8, 4) is 5.69 Å². The van der Waals surface area contributed by atoms with Gasteiger partial charge in [0.05, 0.1) is 22.0 Å². The van der Waals surface area contributed by atoms with Crippen molar-refractivity contribution in [2.45, 2.75) is 30.1 Å². The average Bonchev–Trinajstić information content (AvgIpc) is 3.47. The van der Waals surface area contributed by atoms with Gasteiger partial charge in [0.25, 0.3) is 0 Å². The second-order valence-electron chi connectivity index (χ2n) is 6.82. The van der Waals surface area contributed by atoms with Crippen LogP contribution in [0.5, 0.6) is 0 Å². The van der Waals surface area contributed by atoms with E-state index in [1.807, 2.05) is 34.9 Å². The van der Waals surface area contributed by atoms with E-state index in [9.17, 15) is 18.0 Å². The number of hydrogen-bond donors (Lipinski definition) is 1. The molecule has 1 amide bonds. The van der Waals surface area contributed by atoms with Crippen LogP contribution in [0.1, 0.15) is 30.1 Å². The van der Waals surface area contributed by atoms with Gasteiger partial charge in [-0.15, -0.1) is 10.2 Å². The highest BCUT2D eigenvalue weighted by atomic mass is 35.5. The third-order valence-electron chi connectivity index (χ3n) is 4.52. The lowest BCUT2D eigenvalue weighted by atomic mass is 10.2. The first-order chi connectivity index (χ1) is 14.3. The molecule has 0 radical (unpaired) electrons. The molecule has 3 aromatic rings. The highest BCUT2D eigenvalue weighted by molar-refractivity contribution is 7.99. The molecule has 1 aromatic heterocycles. The summed E-state index contributed by atoms with van der Waals surface area (Å²) >= 11 is 7.11. The van der Waals surface area contributed by atoms with E-state index in [0.29, 0.717) is 11.1 Å². The Morgan fingerprint density at radius 2 is 1.90 bits per heavy atom. The van der Waals surface area contributed by atoms with Crippen LogP contribution < -0.4 is 5.32 Å². The highest BCUT2D eigenvalue weighted by Gasteiger charge is 2.32. The third-order valence-corrected chi connectivity index (χ3v) is 5.77. The number of thioether (sulfide) groups is 1. The lowest BCUT2D eigenvalue weighted by Crippen LogP contribution is -2.16. The van der Waals surface area contributed by atoms with E-state index in [1.165, 1.54) is 0 Å². The van der Waals surface area contributed by atoms with E-state index in [4.69, 9.17) is 11.6 Å². The Morgan fingerprint density at radius 3 is 2.57 bits per heavy atom. The quantitative estimate of drug-likeness (QED) is 0.498. The molecule has 0 unspecified atom stereocenters. The maximum atomic E-state index is 12.9. The number of carbonyl (C=O) groups excluding carboxylic acids is 1. The van der Waals surface area contributed by atoms with Gasteiger partial charge in [0.1, 0.15) is 5.82 Å². The molecule has 1 saturated carbocycles. The number of halogens is 4. The molecule has 1 fully saturated rings. The number of anilines is 1. The summed E-state index contributed by atoms with van der Waals surface area (Å²) in [5, 5.41) is 11.5. The minimum Gasteiger partial charge on any atom is -0.324 e. The van der Waals surface area contributed by atoms with Crippen LogP contribution in [0.25, 0.3) is 5.69 Å². The largest absolute Gasteiger partial charge is 0.416 e. The number of carbonyl (C=O) groups is 1. The van der Waals surface area contributed by atoms with Crippen LogP contribution in [-0.2, 0) is 11.0 Å². The minimum atomic E-state index is -4.52. The Kier molecular flexibility index (Phi) is 5.75. The Labute approximate surface area is 179 Å². The van der Waals surface area contributed by atoms with Gasteiger partial charge in [-0.05, 0) is 43.2 Å². The number of alkyl halides is 3. The van der Waals surface area contributed by atoms with E-state index in [0.717, 1.165) is 54.3 Å². The number of nitrogens with one attached hydrogen (secondary N) is 1. The predicted octanol–water partition coefficient (Wildman–Crippen LogP) is 5.55. The molecule has 0 atom stereocenters. The number of hydrogen-bond acceptors (Lipinski definition) is 4. The average molecular weight is 453 g/mol. The summed E-state index contributed by atoms with van der Waals surface area (Å²) in [5.74, 6) is 0.661. The van der Waals surface area contributed by atoms with Crippen LogP contribution in [0, 0.1) is 0 Å². The molecular weight excluding hydrogens is 437 g/mol. The van der Waals surface area contributed by atoms with Crippen molar-refractivity contribution < 1.29 is 18.0 Å². The van der Waals surface area contributed by atoms with Gasteiger partial charge in [0.15, 0.2) is 5.16 Å². The molecule has 1 aliphatic carbocycles. The number of rotatable bonds is 6. The van der Waals surface area contributed by atoms with Gasteiger partial charge >= 0.3 is 6.18 Å². The highest BCUT2D eigenvalue weighted by Crippen LogP contribution is 2.41. The molecule has 2 aromatic carbocycles. The Bertz CT molecular complexity index is 1070. The van der Waals surface area contributed by atoms with Gasteiger partial charge in [-0.1, -0.05) is 41.6 Å². The lowest BCUT2D eigenvalue weighted by molar-refractivity contribution is -0.137. The third kappa shape index (κ3) is 4.62. The fraction of sp³-hybridized carbons (Fsp3) is 0.250. The Balaban J connectivity index is 1.49. The molecular formula is C20H16ClF3N4OS. The van der Waals surface area contributed by atoms with Crippen molar-refractivity contribution in [3.05, 3.63) is 64.9 Å². The van der Waals surface area contributed by atoms with Gasteiger partial charge in [0, 0.05) is 11.6 Å². The summed E-state index contributed by atoms with van der Waals surface area (Å²) in [5.41, 5.74) is -0.0683. The summed E-state index contributed by atoms with van der Waals surface area (Å²) in [6.07, 6.45) is -2.43. The first-order valence-electron chi connectivity index (χ1n) is 9.13. The van der Waals surface area contributed by atoms with Crippen LogP contribution >= 0.6 is 23.4 Å². The molecule has 0 bridgehead atoms. The standard InChI is InChI=1S/C20H16ClF3N4OS/c21-15-9-8-13(20(22,23)24)10-16(15)25-17(29)11-30-19-27-26-18(12-6-7-12)28(19)14-4-2-1-3-5-14/h1-5,8-10,12H,6-7,11H2,(H,25,29). The predicted molar refractivity (Wildman–Crippen MR) is 109 cm³/mol. The van der Waals surface area contributed by atoms with Gasteiger partial charge in [-0.3, -0.25) is 9.36 Å². The lowest BCUT2D eigenvalue weighted by Gasteiger charge is -2.12. The Hall–Kier alpha value is -2.52. The van der Waals surface area contributed by atoms with Crippen molar-refractivity contribution in [3.63, 3.8) is 0 Å². The molecule has 156 valence electrons. The normalized spacial score (nSPS) is 14.0. The molecule has 30 heavy (non-hydrogen) atoms. The number of aromatic nitrogens is 3. The van der Waals surface area contributed by atoms with E-state index >= 15 is 0 Å². The van der Waals surface area contributed by atoms with Crippen molar-refractivity contribution in [1.82, 2.24) is 14.8 Å². The molecule has 1 heterocycles. The summed E-state index contributed by atoms with van der Waals surface area (Å²) in [6, 6.07) is 12.4. The first kappa shape index (κ1) is 20.7. The van der Waals surface area contributed by atoms with Crippen molar-refractivity contribution >= 4 is 35.0 Å². The van der Waals surface area contributed by atoms with E-state index in [2.05, 4.69) is 15.5 Å². The fourth-order valence-corrected chi connectivity index (χ4v) is 3.84. The zero-order valence-electron chi connectivity index (χ0n) is 15.5. The molecule has 1 aliphatic rings. The monoisotopic (exact) mass is 452 g/mol.